The van der Waals surface area contributed by atoms with Gasteiger partial charge in [0.05, 0.1) is 16.5 Å². The van der Waals surface area contributed by atoms with Crippen LogP contribution in [0.15, 0.2) is 61.4 Å². The molecular formula is C26H24ClFN6O2. The Kier molecular flexibility index (Phi) is 6.56. The molecular weight excluding hydrogens is 483 g/mol. The molecule has 1 amide bonds. The Balaban J connectivity index is 1.47. The lowest BCUT2D eigenvalue weighted by Gasteiger charge is -2.32. The van der Waals surface area contributed by atoms with E-state index in [0.29, 0.717) is 52.0 Å². The van der Waals surface area contributed by atoms with Gasteiger partial charge in [-0.2, -0.15) is 5.10 Å². The molecule has 10 heteroatoms. The highest BCUT2D eigenvalue weighted by Gasteiger charge is 2.28. The Labute approximate surface area is 212 Å². The molecule has 2 aromatic carbocycles. The Morgan fingerprint density at radius 1 is 1.28 bits per heavy atom. The number of nitrogens with two attached hydrogens (primary N) is 1. The van der Waals surface area contributed by atoms with Crippen molar-refractivity contribution in [2.75, 3.05) is 18.8 Å². The van der Waals surface area contributed by atoms with Gasteiger partial charge in [0, 0.05) is 18.7 Å². The van der Waals surface area contributed by atoms with Gasteiger partial charge in [-0.1, -0.05) is 30.3 Å². The third-order valence-corrected chi connectivity index (χ3v) is 6.53. The molecule has 2 N–H and O–H groups in total. The average Bonchev–Trinajstić information content (AvgIpc) is 3.29. The Morgan fingerprint density at radius 2 is 2.14 bits per heavy atom. The van der Waals surface area contributed by atoms with Gasteiger partial charge >= 0.3 is 0 Å². The first-order chi connectivity index (χ1) is 17.4. The van der Waals surface area contributed by atoms with Gasteiger partial charge in [-0.25, -0.2) is 19.0 Å². The number of hydrogen-bond acceptors (Lipinski definition) is 6. The molecule has 2 aromatic heterocycles. The number of ether oxygens (including phenoxy) is 1. The number of carbonyl (C=O) groups is 1. The van der Waals surface area contributed by atoms with Crippen LogP contribution in [0.5, 0.6) is 5.75 Å². The van der Waals surface area contributed by atoms with Crippen LogP contribution in [0.1, 0.15) is 24.4 Å². The summed E-state index contributed by atoms with van der Waals surface area (Å²) in [6.07, 6.45) is 4.42. The van der Waals surface area contributed by atoms with E-state index in [2.05, 4.69) is 16.5 Å². The number of likely N-dealkylation sites (tertiary alicyclic amines) is 1. The van der Waals surface area contributed by atoms with Crippen molar-refractivity contribution >= 4 is 34.4 Å². The fourth-order valence-corrected chi connectivity index (χ4v) is 4.72. The van der Waals surface area contributed by atoms with E-state index in [0.717, 1.165) is 18.4 Å². The Hall–Kier alpha value is -3.98. The number of nitrogens with zero attached hydrogens (tertiary/aromatic N) is 5. The van der Waals surface area contributed by atoms with Gasteiger partial charge in [-0.3, -0.25) is 4.79 Å². The normalized spacial score (nSPS) is 15.7. The van der Waals surface area contributed by atoms with Gasteiger partial charge in [-0.15, -0.1) is 0 Å². The summed E-state index contributed by atoms with van der Waals surface area (Å²) in [6.45, 7) is 4.95. The molecule has 1 unspecified atom stereocenters. The quantitative estimate of drug-likeness (QED) is 0.377. The first-order valence-corrected chi connectivity index (χ1v) is 11.9. The van der Waals surface area contributed by atoms with Crippen molar-refractivity contribution in [2.24, 2.45) is 0 Å². The number of hydrogen-bond donors (Lipinski definition) is 1. The van der Waals surface area contributed by atoms with E-state index in [4.69, 9.17) is 27.2 Å². The summed E-state index contributed by atoms with van der Waals surface area (Å²) in [5.74, 6) is 0.336. The second-order valence-electron chi connectivity index (χ2n) is 8.60. The zero-order chi connectivity index (χ0) is 25.2. The molecule has 8 nitrogen and oxygen atoms in total. The second kappa shape index (κ2) is 9.94. The number of rotatable bonds is 6. The lowest BCUT2D eigenvalue weighted by molar-refractivity contribution is -0.127. The highest BCUT2D eigenvalue weighted by atomic mass is 35.5. The highest BCUT2D eigenvalue weighted by molar-refractivity contribution is 6.32. The maximum absolute atomic E-state index is 13.5. The standard InChI is InChI=1S/C26H24ClFN6O2/c1-2-22(35)33-10-4-7-19(13-33)34-26-23(25(29)30-15-31-26)24(32-34)17-8-9-21(20(27)12-17)36-14-16-5-3-6-18(28)11-16/h2-3,5-6,8-9,11-12,15,19H,1,4,7,10,13-14H2,(H2,29,30,31). The number of nitrogen functional groups attached to an aromatic ring is 1. The van der Waals surface area contributed by atoms with Gasteiger partial charge < -0.3 is 15.4 Å². The SMILES string of the molecule is C=CC(=O)N1CCCC(n2nc(-c3ccc(OCc4cccc(F)c4)c(Cl)c3)c3c(N)ncnc32)C1. The number of halogens is 2. The summed E-state index contributed by atoms with van der Waals surface area (Å²) in [4.78, 5) is 22.6. The number of amides is 1. The highest BCUT2D eigenvalue weighted by Crippen LogP contribution is 2.37. The Bertz CT molecular complexity index is 1460. The lowest BCUT2D eigenvalue weighted by atomic mass is 10.1. The van der Waals surface area contributed by atoms with Crippen molar-refractivity contribution in [3.63, 3.8) is 0 Å². The minimum atomic E-state index is -0.324. The molecule has 1 fully saturated rings. The second-order valence-corrected chi connectivity index (χ2v) is 9.01. The fraction of sp³-hybridized carbons (Fsp3) is 0.231. The number of piperidine rings is 1. The summed E-state index contributed by atoms with van der Waals surface area (Å²) >= 11 is 6.54. The predicted molar refractivity (Wildman–Crippen MR) is 136 cm³/mol. The maximum Gasteiger partial charge on any atom is 0.246 e. The maximum atomic E-state index is 13.5. The predicted octanol–water partition coefficient (Wildman–Crippen LogP) is 4.80. The molecule has 5 rings (SSSR count). The summed E-state index contributed by atoms with van der Waals surface area (Å²) in [5.41, 5.74) is 8.86. The van der Waals surface area contributed by atoms with Crippen LogP contribution in [0.25, 0.3) is 22.3 Å². The molecule has 0 radical (unpaired) electrons. The molecule has 4 aromatic rings. The molecule has 0 spiro atoms. The van der Waals surface area contributed by atoms with Crippen LogP contribution in [0.3, 0.4) is 0 Å². The van der Waals surface area contributed by atoms with E-state index in [9.17, 15) is 9.18 Å². The zero-order valence-electron chi connectivity index (χ0n) is 19.4. The fourth-order valence-electron chi connectivity index (χ4n) is 4.49. The molecule has 1 atom stereocenters. The number of anilines is 1. The van der Waals surface area contributed by atoms with Crippen molar-refractivity contribution in [1.29, 1.82) is 0 Å². The molecule has 1 aliphatic rings. The van der Waals surface area contributed by atoms with Crippen LogP contribution < -0.4 is 10.5 Å². The van der Waals surface area contributed by atoms with Gasteiger partial charge in [0.25, 0.3) is 0 Å². The van der Waals surface area contributed by atoms with Crippen molar-refractivity contribution in [3.8, 4) is 17.0 Å². The van der Waals surface area contributed by atoms with E-state index in [1.807, 2.05) is 10.7 Å². The van der Waals surface area contributed by atoms with Gasteiger partial charge in [0.15, 0.2) is 5.65 Å². The Morgan fingerprint density at radius 3 is 2.92 bits per heavy atom. The third kappa shape index (κ3) is 4.61. The number of carbonyl (C=O) groups excluding carboxylic acids is 1. The van der Waals surface area contributed by atoms with Gasteiger partial charge in [0.1, 0.15) is 36.0 Å². The molecule has 0 saturated carbocycles. The molecule has 184 valence electrons. The first-order valence-electron chi connectivity index (χ1n) is 11.5. The van der Waals surface area contributed by atoms with Crippen LogP contribution in [-0.4, -0.2) is 43.6 Å². The minimum Gasteiger partial charge on any atom is -0.487 e. The van der Waals surface area contributed by atoms with E-state index in [1.165, 1.54) is 24.5 Å². The van der Waals surface area contributed by atoms with Crippen LogP contribution in [0, 0.1) is 5.82 Å². The number of benzene rings is 2. The summed E-state index contributed by atoms with van der Waals surface area (Å²) in [5, 5.41) is 5.86. The molecule has 3 heterocycles. The molecule has 36 heavy (non-hydrogen) atoms. The molecule has 0 aliphatic carbocycles. The van der Waals surface area contributed by atoms with Crippen LogP contribution in [-0.2, 0) is 11.4 Å². The van der Waals surface area contributed by atoms with E-state index in [-0.39, 0.29) is 24.4 Å². The smallest absolute Gasteiger partial charge is 0.246 e. The molecule has 0 bridgehead atoms. The van der Waals surface area contributed by atoms with Crippen molar-refractivity contribution in [2.45, 2.75) is 25.5 Å². The number of aromatic nitrogens is 4. The van der Waals surface area contributed by atoms with Crippen molar-refractivity contribution in [1.82, 2.24) is 24.6 Å². The monoisotopic (exact) mass is 506 g/mol. The summed E-state index contributed by atoms with van der Waals surface area (Å²) in [6, 6.07) is 11.5. The summed E-state index contributed by atoms with van der Waals surface area (Å²) in [7, 11) is 0. The van der Waals surface area contributed by atoms with Crippen molar-refractivity contribution in [3.05, 3.63) is 77.9 Å². The van der Waals surface area contributed by atoms with Crippen molar-refractivity contribution < 1.29 is 13.9 Å². The van der Waals surface area contributed by atoms with E-state index < -0.39 is 0 Å². The number of fused-ring (bicyclic) bond motifs is 1. The third-order valence-electron chi connectivity index (χ3n) is 6.24. The van der Waals surface area contributed by atoms with Gasteiger partial charge in [0.2, 0.25) is 5.91 Å². The van der Waals surface area contributed by atoms with Crippen LogP contribution >= 0.6 is 11.6 Å². The zero-order valence-corrected chi connectivity index (χ0v) is 20.2. The summed E-state index contributed by atoms with van der Waals surface area (Å²) < 4.78 is 21.1. The largest absolute Gasteiger partial charge is 0.487 e. The van der Waals surface area contributed by atoms with Gasteiger partial charge in [-0.05, 0) is 54.8 Å². The van der Waals surface area contributed by atoms with Crippen LogP contribution in [0.2, 0.25) is 5.02 Å². The van der Waals surface area contributed by atoms with E-state index in [1.54, 1.807) is 29.2 Å². The lowest BCUT2D eigenvalue weighted by Crippen LogP contribution is -2.40. The molecule has 1 saturated heterocycles. The van der Waals surface area contributed by atoms with Crippen LogP contribution in [0.4, 0.5) is 10.2 Å². The topological polar surface area (TPSA) is 99.2 Å². The van der Waals surface area contributed by atoms with E-state index >= 15 is 0 Å². The molecule has 1 aliphatic heterocycles. The minimum absolute atomic E-state index is 0.0717. The first kappa shape index (κ1) is 23.7. The average molecular weight is 507 g/mol.